The second kappa shape index (κ2) is 5.57. The third-order valence-corrected chi connectivity index (χ3v) is 3.12. The Morgan fingerprint density at radius 3 is 2.94 bits per heavy atom. The molecule has 2 aromatic rings. The van der Waals surface area contributed by atoms with Crippen LogP contribution in [0.5, 0.6) is 5.75 Å². The van der Waals surface area contributed by atoms with E-state index in [1.807, 2.05) is 18.2 Å². The molecule has 0 amide bonds. The lowest BCUT2D eigenvalue weighted by molar-refractivity contribution is 0.416. The molecule has 1 aromatic carbocycles. The molecule has 0 radical (unpaired) electrons. The molecule has 1 heterocycles. The van der Waals surface area contributed by atoms with E-state index in [4.69, 9.17) is 22.1 Å². The Labute approximate surface area is 123 Å². The number of anilines is 3. The molecule has 18 heavy (non-hydrogen) atoms. The number of benzene rings is 1. The molecular weight excluding hydrogens is 367 g/mol. The number of nitrogens with zero attached hydrogens (tertiary/aromatic N) is 2. The van der Waals surface area contributed by atoms with Gasteiger partial charge in [0.05, 0.1) is 19.0 Å². The minimum Gasteiger partial charge on any atom is -0.495 e. The summed E-state index contributed by atoms with van der Waals surface area (Å²) in [5.74, 6) is 1.31. The van der Waals surface area contributed by atoms with Gasteiger partial charge in [0.25, 0.3) is 0 Å². The van der Waals surface area contributed by atoms with E-state index in [2.05, 4.69) is 37.9 Å². The molecule has 2 rings (SSSR count). The van der Waals surface area contributed by atoms with Crippen LogP contribution in [0.2, 0.25) is 5.02 Å². The van der Waals surface area contributed by atoms with Crippen LogP contribution in [0, 0.1) is 3.57 Å². The molecule has 5 nitrogen and oxygen atoms in total. The number of nitrogens with two attached hydrogens (primary N) is 1. The maximum atomic E-state index is 6.00. The summed E-state index contributed by atoms with van der Waals surface area (Å²) in [5.41, 5.74) is 6.30. The van der Waals surface area contributed by atoms with Crippen LogP contribution in [0.3, 0.4) is 0 Å². The van der Waals surface area contributed by atoms with Crippen molar-refractivity contribution in [2.24, 2.45) is 0 Å². The van der Waals surface area contributed by atoms with Crippen molar-refractivity contribution in [3.8, 4) is 5.75 Å². The van der Waals surface area contributed by atoms with Crippen LogP contribution in [0.1, 0.15) is 0 Å². The van der Waals surface area contributed by atoms with E-state index in [9.17, 15) is 0 Å². The second-order valence-electron chi connectivity index (χ2n) is 3.39. The molecule has 0 spiro atoms. The predicted octanol–water partition coefficient (Wildman–Crippen LogP) is 3.07. The summed E-state index contributed by atoms with van der Waals surface area (Å²) < 4.78 is 6.32. The number of hydrogen-bond donors (Lipinski definition) is 2. The number of methoxy groups -OCH3 is 1. The summed E-state index contributed by atoms with van der Waals surface area (Å²) in [7, 11) is 1.60. The van der Waals surface area contributed by atoms with Crippen LogP contribution in [-0.2, 0) is 0 Å². The number of hydrogen-bond acceptors (Lipinski definition) is 5. The van der Waals surface area contributed by atoms with Crippen molar-refractivity contribution in [1.82, 2.24) is 9.97 Å². The molecule has 0 atom stereocenters. The summed E-state index contributed by atoms with van der Waals surface area (Å²) in [5, 5.41) is 3.47. The first-order valence-corrected chi connectivity index (χ1v) is 6.44. The second-order valence-corrected chi connectivity index (χ2v) is 5.05. The third-order valence-electron chi connectivity index (χ3n) is 2.18. The van der Waals surface area contributed by atoms with E-state index in [0.29, 0.717) is 16.6 Å². The van der Waals surface area contributed by atoms with Gasteiger partial charge < -0.3 is 15.8 Å². The number of nitrogens with one attached hydrogen (secondary N) is 1. The Morgan fingerprint density at radius 2 is 2.22 bits per heavy atom. The summed E-state index contributed by atoms with van der Waals surface area (Å²) >= 11 is 8.21. The lowest BCUT2D eigenvalue weighted by Crippen LogP contribution is -2.01. The zero-order valence-corrected chi connectivity index (χ0v) is 12.4. The quantitative estimate of drug-likeness (QED) is 0.806. The SMILES string of the molecule is COc1ccc(I)cc1Nc1nc(N)ncc1Cl. The molecule has 0 aliphatic rings. The Bertz CT molecular complexity index is 579. The van der Waals surface area contributed by atoms with Gasteiger partial charge in [0.1, 0.15) is 10.8 Å². The zero-order chi connectivity index (χ0) is 13.1. The van der Waals surface area contributed by atoms with Crippen LogP contribution < -0.4 is 15.8 Å². The van der Waals surface area contributed by atoms with Gasteiger partial charge in [-0.1, -0.05) is 11.6 Å². The lowest BCUT2D eigenvalue weighted by Gasteiger charge is -2.12. The molecule has 3 N–H and O–H groups in total. The summed E-state index contributed by atoms with van der Waals surface area (Å²) in [4.78, 5) is 7.84. The average Bonchev–Trinajstić information content (AvgIpc) is 2.34. The van der Waals surface area contributed by atoms with E-state index in [1.54, 1.807) is 7.11 Å². The van der Waals surface area contributed by atoms with Gasteiger partial charge in [-0.25, -0.2) is 4.98 Å². The monoisotopic (exact) mass is 376 g/mol. The fourth-order valence-electron chi connectivity index (χ4n) is 1.37. The molecule has 7 heteroatoms. The van der Waals surface area contributed by atoms with Crippen molar-refractivity contribution < 1.29 is 4.74 Å². The van der Waals surface area contributed by atoms with Gasteiger partial charge in [-0.15, -0.1) is 0 Å². The highest BCUT2D eigenvalue weighted by Gasteiger charge is 2.08. The molecular formula is C11H10ClIN4O. The van der Waals surface area contributed by atoms with E-state index < -0.39 is 0 Å². The van der Waals surface area contributed by atoms with Gasteiger partial charge in [-0.05, 0) is 40.8 Å². The Morgan fingerprint density at radius 1 is 1.44 bits per heavy atom. The van der Waals surface area contributed by atoms with E-state index >= 15 is 0 Å². The van der Waals surface area contributed by atoms with Crippen LogP contribution >= 0.6 is 34.2 Å². The number of ether oxygens (including phenoxy) is 1. The van der Waals surface area contributed by atoms with Gasteiger partial charge in [0, 0.05) is 3.57 Å². The predicted molar refractivity (Wildman–Crippen MR) is 80.4 cm³/mol. The number of halogens is 2. The standard InChI is InChI=1S/C11H10ClIN4O/c1-18-9-3-2-6(13)4-8(9)16-10-7(12)5-15-11(14)17-10/h2-5H,1H3,(H3,14,15,16,17). The molecule has 0 saturated heterocycles. The van der Waals surface area contributed by atoms with Gasteiger partial charge in [-0.2, -0.15) is 4.98 Å². The van der Waals surface area contributed by atoms with Crippen LogP contribution in [0.4, 0.5) is 17.5 Å². The van der Waals surface area contributed by atoms with Gasteiger partial charge in [0.15, 0.2) is 5.82 Å². The molecule has 0 bridgehead atoms. The average molecular weight is 377 g/mol. The van der Waals surface area contributed by atoms with Gasteiger partial charge in [0.2, 0.25) is 5.95 Å². The summed E-state index contributed by atoms with van der Waals surface area (Å²) in [6, 6.07) is 5.73. The number of nitrogen functional groups attached to an aromatic ring is 1. The zero-order valence-electron chi connectivity index (χ0n) is 9.45. The van der Waals surface area contributed by atoms with Crippen molar-refractivity contribution in [3.63, 3.8) is 0 Å². The summed E-state index contributed by atoms with van der Waals surface area (Å²) in [6.45, 7) is 0. The maximum Gasteiger partial charge on any atom is 0.222 e. The van der Waals surface area contributed by atoms with Gasteiger partial charge in [-0.3, -0.25) is 0 Å². The van der Waals surface area contributed by atoms with Crippen molar-refractivity contribution >= 4 is 51.6 Å². The maximum absolute atomic E-state index is 6.00. The van der Waals surface area contributed by atoms with Crippen molar-refractivity contribution in [1.29, 1.82) is 0 Å². The number of aromatic nitrogens is 2. The first kappa shape index (κ1) is 13.2. The topological polar surface area (TPSA) is 73.1 Å². The highest BCUT2D eigenvalue weighted by molar-refractivity contribution is 14.1. The highest BCUT2D eigenvalue weighted by atomic mass is 127. The Hall–Kier alpha value is -1.28. The first-order chi connectivity index (χ1) is 8.60. The van der Waals surface area contributed by atoms with Crippen LogP contribution in [0.15, 0.2) is 24.4 Å². The van der Waals surface area contributed by atoms with E-state index in [1.165, 1.54) is 6.20 Å². The van der Waals surface area contributed by atoms with Crippen molar-refractivity contribution in [2.75, 3.05) is 18.2 Å². The van der Waals surface area contributed by atoms with Crippen molar-refractivity contribution in [3.05, 3.63) is 33.0 Å². The van der Waals surface area contributed by atoms with Crippen molar-refractivity contribution in [2.45, 2.75) is 0 Å². The molecule has 0 aliphatic heterocycles. The number of rotatable bonds is 3. The minimum atomic E-state index is 0.159. The normalized spacial score (nSPS) is 10.2. The molecule has 0 aliphatic carbocycles. The van der Waals surface area contributed by atoms with Crippen LogP contribution in [0.25, 0.3) is 0 Å². The minimum absolute atomic E-state index is 0.159. The Kier molecular flexibility index (Phi) is 4.07. The smallest absolute Gasteiger partial charge is 0.222 e. The van der Waals surface area contributed by atoms with E-state index in [-0.39, 0.29) is 5.95 Å². The molecule has 0 fully saturated rings. The first-order valence-electron chi connectivity index (χ1n) is 4.98. The molecule has 0 unspecified atom stereocenters. The van der Waals surface area contributed by atoms with E-state index in [0.717, 1.165) is 9.26 Å². The fourth-order valence-corrected chi connectivity index (χ4v) is 2.00. The Balaban J connectivity index is 2.38. The fraction of sp³-hybridized carbons (Fsp3) is 0.0909. The third kappa shape index (κ3) is 2.94. The largest absolute Gasteiger partial charge is 0.495 e. The van der Waals surface area contributed by atoms with Gasteiger partial charge >= 0.3 is 0 Å². The highest BCUT2D eigenvalue weighted by Crippen LogP contribution is 2.31. The lowest BCUT2D eigenvalue weighted by atomic mass is 10.3. The van der Waals surface area contributed by atoms with Crippen LogP contribution in [-0.4, -0.2) is 17.1 Å². The molecule has 1 aromatic heterocycles. The summed E-state index contributed by atoms with van der Waals surface area (Å²) in [6.07, 6.45) is 1.45. The molecule has 0 saturated carbocycles. The molecule has 94 valence electrons.